The second kappa shape index (κ2) is 8.40. The Balaban J connectivity index is 2.20. The van der Waals surface area contributed by atoms with E-state index in [-0.39, 0.29) is 19.3 Å². The number of fused-ring (bicyclic) bond motifs is 1. The van der Waals surface area contributed by atoms with Crippen LogP contribution in [0.2, 0.25) is 0 Å². The third kappa shape index (κ3) is 3.95. The molecule has 28 heavy (non-hydrogen) atoms. The normalized spacial score (nSPS) is 18.4. The molecule has 1 heterocycles. The standard InChI is InChI=1S/C20H26O8/c1-20(2)27-9-16(28-20)12-8-15(24-5)17-13(25-10-22-3)6-7-14(26-11-23-4)18(17)19(12)21/h6-8,16,21H,9-11H2,1-5H3/t16-/m1/s1. The number of rotatable bonds is 8. The van der Waals surface area contributed by atoms with Crippen molar-refractivity contribution in [3.05, 3.63) is 23.8 Å². The molecule has 0 radical (unpaired) electrons. The highest BCUT2D eigenvalue weighted by Crippen LogP contribution is 2.49. The van der Waals surface area contributed by atoms with Crippen LogP contribution in [-0.4, -0.2) is 52.4 Å². The second-order valence-electron chi connectivity index (χ2n) is 6.75. The zero-order valence-corrected chi connectivity index (χ0v) is 16.7. The molecule has 3 rings (SSSR count). The fraction of sp³-hybridized carbons (Fsp3) is 0.500. The predicted molar refractivity (Wildman–Crippen MR) is 101 cm³/mol. The number of hydrogen-bond acceptors (Lipinski definition) is 8. The maximum Gasteiger partial charge on any atom is 0.188 e. The van der Waals surface area contributed by atoms with Gasteiger partial charge in [0.25, 0.3) is 0 Å². The van der Waals surface area contributed by atoms with Crippen LogP contribution in [0.4, 0.5) is 0 Å². The Morgan fingerprint density at radius 2 is 1.61 bits per heavy atom. The second-order valence-corrected chi connectivity index (χ2v) is 6.75. The molecule has 8 heteroatoms. The van der Waals surface area contributed by atoms with Crippen molar-refractivity contribution >= 4 is 10.8 Å². The number of aromatic hydroxyl groups is 1. The van der Waals surface area contributed by atoms with Crippen molar-refractivity contribution in [1.29, 1.82) is 0 Å². The lowest BCUT2D eigenvalue weighted by Gasteiger charge is -2.21. The SMILES string of the molecule is COCOc1ccc(OCOC)c2c(O)c([C@H]3COC(C)(C)O3)cc(OC)c12. The van der Waals surface area contributed by atoms with Gasteiger partial charge >= 0.3 is 0 Å². The van der Waals surface area contributed by atoms with Gasteiger partial charge in [0.1, 0.15) is 29.1 Å². The van der Waals surface area contributed by atoms with E-state index < -0.39 is 11.9 Å². The van der Waals surface area contributed by atoms with Gasteiger partial charge in [0, 0.05) is 19.8 Å². The molecule has 0 amide bonds. The monoisotopic (exact) mass is 394 g/mol. The smallest absolute Gasteiger partial charge is 0.188 e. The fourth-order valence-electron chi connectivity index (χ4n) is 3.20. The Bertz CT molecular complexity index is 833. The first-order chi connectivity index (χ1) is 13.4. The number of ether oxygens (including phenoxy) is 7. The lowest BCUT2D eigenvalue weighted by Crippen LogP contribution is -2.19. The Kier molecular flexibility index (Phi) is 6.14. The molecule has 1 aliphatic heterocycles. The van der Waals surface area contributed by atoms with E-state index in [1.54, 1.807) is 25.3 Å². The minimum Gasteiger partial charge on any atom is -0.507 e. The summed E-state index contributed by atoms with van der Waals surface area (Å²) in [6.45, 7) is 4.03. The van der Waals surface area contributed by atoms with Crippen LogP contribution < -0.4 is 14.2 Å². The van der Waals surface area contributed by atoms with Crippen LogP contribution in [0.3, 0.4) is 0 Å². The van der Waals surface area contributed by atoms with Crippen LogP contribution >= 0.6 is 0 Å². The van der Waals surface area contributed by atoms with Gasteiger partial charge in [-0.1, -0.05) is 0 Å². The first kappa shape index (κ1) is 20.5. The largest absolute Gasteiger partial charge is 0.507 e. The summed E-state index contributed by atoms with van der Waals surface area (Å²) in [5, 5.41) is 12.1. The Labute approximate surface area is 163 Å². The van der Waals surface area contributed by atoms with E-state index in [2.05, 4.69) is 0 Å². The minimum atomic E-state index is -0.738. The van der Waals surface area contributed by atoms with Gasteiger partial charge < -0.3 is 38.3 Å². The molecule has 1 aliphatic rings. The summed E-state index contributed by atoms with van der Waals surface area (Å²) in [6.07, 6.45) is -0.452. The van der Waals surface area contributed by atoms with Crippen LogP contribution in [0.25, 0.3) is 10.8 Å². The number of phenols is 1. The van der Waals surface area contributed by atoms with Crippen molar-refractivity contribution in [3.63, 3.8) is 0 Å². The van der Waals surface area contributed by atoms with Gasteiger partial charge in [0.05, 0.1) is 24.5 Å². The van der Waals surface area contributed by atoms with Crippen LogP contribution in [0.5, 0.6) is 23.0 Å². The number of hydrogen-bond donors (Lipinski definition) is 1. The molecule has 1 fully saturated rings. The van der Waals surface area contributed by atoms with Crippen LogP contribution in [-0.2, 0) is 18.9 Å². The molecule has 1 atom stereocenters. The van der Waals surface area contributed by atoms with E-state index in [4.69, 9.17) is 33.2 Å². The van der Waals surface area contributed by atoms with E-state index >= 15 is 0 Å². The van der Waals surface area contributed by atoms with Gasteiger partial charge in [-0.05, 0) is 32.0 Å². The maximum atomic E-state index is 11.1. The van der Waals surface area contributed by atoms with Crippen molar-refractivity contribution in [2.45, 2.75) is 25.7 Å². The predicted octanol–water partition coefficient (Wildman–Crippen LogP) is 3.34. The highest BCUT2D eigenvalue weighted by atomic mass is 16.7. The summed E-state index contributed by atoms with van der Waals surface area (Å²) in [7, 11) is 4.61. The average Bonchev–Trinajstić information content (AvgIpc) is 3.04. The third-order valence-corrected chi connectivity index (χ3v) is 4.41. The zero-order valence-electron chi connectivity index (χ0n) is 16.7. The van der Waals surface area contributed by atoms with Gasteiger partial charge in [0.15, 0.2) is 19.4 Å². The van der Waals surface area contributed by atoms with Crippen LogP contribution in [0, 0.1) is 0 Å². The van der Waals surface area contributed by atoms with E-state index in [0.717, 1.165) is 0 Å². The van der Waals surface area contributed by atoms with Crippen LogP contribution in [0.15, 0.2) is 18.2 Å². The number of benzene rings is 2. The summed E-state index contributed by atoms with van der Waals surface area (Å²) < 4.78 is 38.5. The highest BCUT2D eigenvalue weighted by molar-refractivity contribution is 6.02. The highest BCUT2D eigenvalue weighted by Gasteiger charge is 2.36. The van der Waals surface area contributed by atoms with E-state index in [0.29, 0.717) is 40.2 Å². The first-order valence-corrected chi connectivity index (χ1v) is 8.83. The zero-order chi connectivity index (χ0) is 20.3. The quantitative estimate of drug-likeness (QED) is 0.683. The summed E-state index contributed by atoms with van der Waals surface area (Å²) >= 11 is 0. The molecule has 0 aromatic heterocycles. The van der Waals surface area contributed by atoms with Gasteiger partial charge in [-0.15, -0.1) is 0 Å². The number of phenolic OH excluding ortho intramolecular Hbond substituents is 1. The van der Waals surface area contributed by atoms with Crippen molar-refractivity contribution < 1.29 is 38.3 Å². The van der Waals surface area contributed by atoms with Gasteiger partial charge in [-0.25, -0.2) is 0 Å². The number of methoxy groups -OCH3 is 3. The lowest BCUT2D eigenvalue weighted by atomic mass is 9.99. The molecule has 2 aromatic carbocycles. The van der Waals surface area contributed by atoms with E-state index in [1.165, 1.54) is 14.2 Å². The molecule has 0 unspecified atom stereocenters. The summed E-state index contributed by atoms with van der Waals surface area (Å²) in [6, 6.07) is 5.16. The first-order valence-electron chi connectivity index (χ1n) is 8.83. The summed E-state index contributed by atoms with van der Waals surface area (Å²) in [5.41, 5.74) is 0.543. The molecule has 154 valence electrons. The molecule has 1 saturated heterocycles. The molecular weight excluding hydrogens is 368 g/mol. The topological polar surface area (TPSA) is 84.8 Å². The molecule has 0 saturated carbocycles. The minimum absolute atomic E-state index is 0.0102. The molecule has 0 spiro atoms. The van der Waals surface area contributed by atoms with Crippen molar-refractivity contribution in [2.75, 3.05) is 41.5 Å². The Morgan fingerprint density at radius 1 is 1.00 bits per heavy atom. The van der Waals surface area contributed by atoms with Crippen molar-refractivity contribution in [1.82, 2.24) is 0 Å². The molecule has 1 N–H and O–H groups in total. The van der Waals surface area contributed by atoms with E-state index in [1.807, 2.05) is 13.8 Å². The van der Waals surface area contributed by atoms with Gasteiger partial charge in [-0.3, -0.25) is 0 Å². The Morgan fingerprint density at radius 3 is 2.11 bits per heavy atom. The van der Waals surface area contributed by atoms with Crippen molar-refractivity contribution in [2.24, 2.45) is 0 Å². The fourth-order valence-corrected chi connectivity index (χ4v) is 3.20. The maximum absolute atomic E-state index is 11.1. The van der Waals surface area contributed by atoms with Crippen LogP contribution in [0.1, 0.15) is 25.5 Å². The molecule has 0 aliphatic carbocycles. The Hall–Kier alpha value is -2.26. The molecule has 8 nitrogen and oxygen atoms in total. The average molecular weight is 394 g/mol. The summed E-state index contributed by atoms with van der Waals surface area (Å²) in [4.78, 5) is 0. The molecule has 0 bridgehead atoms. The molecular formula is C20H26O8. The van der Waals surface area contributed by atoms with Gasteiger partial charge in [0.2, 0.25) is 0 Å². The third-order valence-electron chi connectivity index (χ3n) is 4.41. The van der Waals surface area contributed by atoms with E-state index in [9.17, 15) is 5.11 Å². The molecule has 2 aromatic rings. The summed E-state index contributed by atoms with van der Waals surface area (Å²) in [5.74, 6) is 0.695. The lowest BCUT2D eigenvalue weighted by molar-refractivity contribution is -0.139. The van der Waals surface area contributed by atoms with Crippen molar-refractivity contribution in [3.8, 4) is 23.0 Å². The van der Waals surface area contributed by atoms with Gasteiger partial charge in [-0.2, -0.15) is 0 Å².